The number of sulfonamides is 1. The second kappa shape index (κ2) is 13.5. The largest absolute Gasteiger partial charge is 0.460 e. The van der Waals surface area contributed by atoms with E-state index in [9.17, 15) is 32.9 Å². The highest BCUT2D eigenvalue weighted by molar-refractivity contribution is 7.89. The van der Waals surface area contributed by atoms with Gasteiger partial charge in [-0.15, -0.1) is 0 Å². The van der Waals surface area contributed by atoms with Crippen molar-refractivity contribution >= 4 is 33.6 Å². The molecular weight excluding hydrogens is 546 g/mol. The third kappa shape index (κ3) is 12.8. The summed E-state index contributed by atoms with van der Waals surface area (Å²) in [5, 5.41) is 14.2. The average molecular weight is 588 g/mol. The molecule has 13 nitrogen and oxygen atoms in total. The lowest BCUT2D eigenvalue weighted by molar-refractivity contribution is -0.387. The molecule has 14 heteroatoms. The molecule has 0 spiro atoms. The SMILES string of the molecule is CC(C)(C)OC(=O)CCC(NCC(NS(=O)(=O)c1ccccc1[N+](=O)[O-])C(=O)OC(C)(C)C)C(=O)OC(C)(C)C. The molecule has 0 radical (unpaired) electrons. The minimum absolute atomic E-state index is 0.0816. The summed E-state index contributed by atoms with van der Waals surface area (Å²) in [7, 11) is -4.60. The number of nitrogens with zero attached hydrogens (tertiary/aromatic N) is 1. The number of para-hydroxylation sites is 1. The van der Waals surface area contributed by atoms with Crippen LogP contribution < -0.4 is 10.0 Å². The number of hydrogen-bond donors (Lipinski definition) is 2. The van der Waals surface area contributed by atoms with Crippen molar-refractivity contribution in [2.24, 2.45) is 0 Å². The fourth-order valence-corrected chi connectivity index (χ4v) is 4.58. The van der Waals surface area contributed by atoms with E-state index in [0.29, 0.717) is 0 Å². The number of rotatable bonds is 12. The van der Waals surface area contributed by atoms with Crippen LogP contribution in [0.1, 0.15) is 75.2 Å². The summed E-state index contributed by atoms with van der Waals surface area (Å²) in [6, 6.07) is 1.93. The van der Waals surface area contributed by atoms with Crippen LogP contribution in [0.5, 0.6) is 0 Å². The molecule has 2 unspecified atom stereocenters. The molecule has 0 aliphatic carbocycles. The van der Waals surface area contributed by atoms with Crippen molar-refractivity contribution < 1.29 is 41.9 Å². The maximum Gasteiger partial charge on any atom is 0.326 e. The zero-order chi connectivity index (χ0) is 31.1. The van der Waals surface area contributed by atoms with Crippen molar-refractivity contribution in [2.45, 2.75) is 109 Å². The Morgan fingerprint density at radius 2 is 1.32 bits per heavy atom. The van der Waals surface area contributed by atoms with E-state index >= 15 is 0 Å². The minimum Gasteiger partial charge on any atom is -0.460 e. The molecule has 2 N–H and O–H groups in total. The summed E-state index contributed by atoms with van der Waals surface area (Å²) in [6.45, 7) is 14.3. The van der Waals surface area contributed by atoms with Crippen molar-refractivity contribution in [3.05, 3.63) is 34.4 Å². The molecule has 0 fully saturated rings. The molecule has 0 amide bonds. The Hall–Kier alpha value is -3.10. The van der Waals surface area contributed by atoms with E-state index in [1.54, 1.807) is 62.3 Å². The van der Waals surface area contributed by atoms with Gasteiger partial charge in [-0.2, -0.15) is 4.72 Å². The third-order valence-corrected chi connectivity index (χ3v) is 6.18. The number of ether oxygens (including phenoxy) is 3. The predicted molar refractivity (Wildman–Crippen MR) is 146 cm³/mol. The van der Waals surface area contributed by atoms with E-state index in [2.05, 4.69) is 10.0 Å². The minimum atomic E-state index is -4.60. The van der Waals surface area contributed by atoms with Crippen molar-refractivity contribution in [1.29, 1.82) is 0 Å². The Labute approximate surface area is 235 Å². The quantitative estimate of drug-likeness (QED) is 0.159. The number of nitro groups is 1. The van der Waals surface area contributed by atoms with Crippen LogP contribution in [0.3, 0.4) is 0 Å². The monoisotopic (exact) mass is 587 g/mol. The average Bonchev–Trinajstić information content (AvgIpc) is 2.74. The van der Waals surface area contributed by atoms with Gasteiger partial charge in [-0.25, -0.2) is 8.42 Å². The van der Waals surface area contributed by atoms with Gasteiger partial charge in [-0.1, -0.05) is 12.1 Å². The van der Waals surface area contributed by atoms with Gasteiger partial charge in [0.2, 0.25) is 10.0 Å². The van der Waals surface area contributed by atoms with E-state index in [0.717, 1.165) is 12.1 Å². The number of benzene rings is 1. The van der Waals surface area contributed by atoms with Crippen LogP contribution in [-0.4, -0.2) is 66.7 Å². The number of carbonyl (C=O) groups excluding carboxylic acids is 3. The van der Waals surface area contributed by atoms with E-state index in [1.807, 2.05) is 0 Å². The molecular formula is C26H41N3O10S. The van der Waals surface area contributed by atoms with E-state index in [-0.39, 0.29) is 12.8 Å². The van der Waals surface area contributed by atoms with Gasteiger partial charge in [0.15, 0.2) is 4.90 Å². The van der Waals surface area contributed by atoms with E-state index in [1.165, 1.54) is 12.1 Å². The summed E-state index contributed by atoms with van der Waals surface area (Å²) < 4.78 is 44.5. The van der Waals surface area contributed by atoms with Crippen LogP contribution in [0.2, 0.25) is 0 Å². The fraction of sp³-hybridized carbons (Fsp3) is 0.654. The lowest BCUT2D eigenvalue weighted by Crippen LogP contribution is -2.53. The van der Waals surface area contributed by atoms with Gasteiger partial charge in [0, 0.05) is 19.0 Å². The fourth-order valence-electron chi connectivity index (χ4n) is 3.22. The first kappa shape index (κ1) is 34.9. The topological polar surface area (TPSA) is 180 Å². The smallest absolute Gasteiger partial charge is 0.326 e. The molecule has 40 heavy (non-hydrogen) atoms. The standard InChI is InChI=1S/C26H41N3O10S/c1-24(2,3)37-21(30)15-14-17(22(31)38-25(4,5)6)27-16-18(23(32)39-26(7,8)9)28-40(35,36)20-13-11-10-12-19(20)29(33)34/h10-13,17-18,27-28H,14-16H2,1-9H3. The highest BCUT2D eigenvalue weighted by Crippen LogP contribution is 2.23. The van der Waals surface area contributed by atoms with Gasteiger partial charge < -0.3 is 19.5 Å². The third-order valence-electron chi connectivity index (χ3n) is 4.66. The first-order valence-electron chi connectivity index (χ1n) is 12.7. The summed E-state index contributed by atoms with van der Waals surface area (Å²) in [6.07, 6.45) is -0.255. The van der Waals surface area contributed by atoms with Crippen molar-refractivity contribution in [3.8, 4) is 0 Å². The summed E-state index contributed by atoms with van der Waals surface area (Å²) >= 11 is 0. The van der Waals surface area contributed by atoms with Gasteiger partial charge in [-0.05, 0) is 74.8 Å². The molecule has 226 valence electrons. The molecule has 2 atom stereocenters. The van der Waals surface area contributed by atoms with Crippen molar-refractivity contribution in [3.63, 3.8) is 0 Å². The first-order valence-corrected chi connectivity index (χ1v) is 14.2. The van der Waals surface area contributed by atoms with Crippen LogP contribution in [0.15, 0.2) is 29.2 Å². The zero-order valence-electron chi connectivity index (χ0n) is 24.5. The van der Waals surface area contributed by atoms with Crippen LogP contribution in [0.4, 0.5) is 5.69 Å². The Bertz CT molecular complexity index is 1180. The molecule has 1 aromatic rings. The number of nitrogens with one attached hydrogen (secondary N) is 2. The lowest BCUT2D eigenvalue weighted by Gasteiger charge is -2.28. The molecule has 0 aliphatic rings. The summed E-state index contributed by atoms with van der Waals surface area (Å²) in [5.41, 5.74) is -3.30. The van der Waals surface area contributed by atoms with Gasteiger partial charge in [0.05, 0.1) is 4.92 Å². The zero-order valence-corrected chi connectivity index (χ0v) is 25.3. The van der Waals surface area contributed by atoms with Crippen LogP contribution >= 0.6 is 0 Å². The second-order valence-electron chi connectivity index (χ2n) is 12.1. The molecule has 1 rings (SSSR count). The van der Waals surface area contributed by atoms with Gasteiger partial charge in [0.25, 0.3) is 5.69 Å². The Morgan fingerprint density at radius 3 is 1.80 bits per heavy atom. The number of esters is 3. The molecule has 0 aromatic heterocycles. The van der Waals surface area contributed by atoms with Crippen LogP contribution in [0.25, 0.3) is 0 Å². The second-order valence-corrected chi connectivity index (χ2v) is 13.7. The van der Waals surface area contributed by atoms with Crippen molar-refractivity contribution in [1.82, 2.24) is 10.0 Å². The molecule has 0 bridgehead atoms. The maximum absolute atomic E-state index is 13.1. The number of nitro benzene ring substituents is 1. The summed E-state index contributed by atoms with van der Waals surface area (Å²) in [4.78, 5) is 48.1. The van der Waals surface area contributed by atoms with E-state index < -0.39 is 78.9 Å². The Balaban J connectivity index is 3.29. The highest BCUT2D eigenvalue weighted by Gasteiger charge is 2.35. The molecule has 0 saturated heterocycles. The molecule has 0 saturated carbocycles. The summed E-state index contributed by atoms with van der Waals surface area (Å²) in [5.74, 6) is -2.29. The van der Waals surface area contributed by atoms with Gasteiger partial charge >= 0.3 is 17.9 Å². The Morgan fingerprint density at radius 1 is 0.850 bits per heavy atom. The number of hydrogen-bond acceptors (Lipinski definition) is 11. The van der Waals surface area contributed by atoms with Gasteiger partial charge in [-0.3, -0.25) is 24.5 Å². The predicted octanol–water partition coefficient (Wildman–Crippen LogP) is 3.01. The molecule has 0 heterocycles. The van der Waals surface area contributed by atoms with Gasteiger partial charge in [0.1, 0.15) is 28.9 Å². The maximum atomic E-state index is 13.1. The lowest BCUT2D eigenvalue weighted by atomic mass is 10.1. The van der Waals surface area contributed by atoms with E-state index in [4.69, 9.17) is 14.2 Å². The van der Waals surface area contributed by atoms with Crippen LogP contribution in [0, 0.1) is 10.1 Å². The molecule has 1 aromatic carbocycles. The van der Waals surface area contributed by atoms with Crippen molar-refractivity contribution in [2.75, 3.05) is 6.54 Å². The number of carbonyl (C=O) groups is 3. The normalized spacial score (nSPS) is 14.1. The molecule has 0 aliphatic heterocycles. The highest BCUT2D eigenvalue weighted by atomic mass is 32.2. The Kier molecular flexibility index (Phi) is 11.8. The van der Waals surface area contributed by atoms with Crippen LogP contribution in [-0.2, 0) is 38.6 Å². The first-order chi connectivity index (χ1) is 18.0.